The average molecular weight is 249 g/mol. The van der Waals surface area contributed by atoms with Crippen molar-refractivity contribution < 1.29 is 9.90 Å². The number of amides is 1. The number of hydrogen-bond acceptors (Lipinski definition) is 4. The van der Waals surface area contributed by atoms with Gasteiger partial charge in [-0.25, -0.2) is 0 Å². The van der Waals surface area contributed by atoms with Gasteiger partial charge in [0.05, 0.1) is 24.4 Å². The fraction of sp³-hybridized carbons (Fsp3) is 0.538. The Kier molecular flexibility index (Phi) is 4.15. The second kappa shape index (κ2) is 5.82. The molecule has 4 N–H and O–H groups in total. The smallest absolute Gasteiger partial charge is 0.226 e. The maximum atomic E-state index is 11.7. The van der Waals surface area contributed by atoms with Gasteiger partial charge in [-0.05, 0) is 25.0 Å². The van der Waals surface area contributed by atoms with Crippen LogP contribution in [0.3, 0.4) is 0 Å². The molecule has 0 bridgehead atoms. The molecule has 0 spiro atoms. The van der Waals surface area contributed by atoms with Crippen LogP contribution in [0.25, 0.3) is 0 Å². The van der Waals surface area contributed by atoms with Crippen LogP contribution >= 0.6 is 0 Å². The van der Waals surface area contributed by atoms with Gasteiger partial charge in [0.25, 0.3) is 0 Å². The van der Waals surface area contributed by atoms with Gasteiger partial charge < -0.3 is 16.2 Å². The van der Waals surface area contributed by atoms with E-state index in [1.165, 1.54) is 0 Å². The normalized spacial score (nSPS) is 22.9. The minimum absolute atomic E-state index is 0.0635. The van der Waals surface area contributed by atoms with Gasteiger partial charge in [-0.15, -0.1) is 0 Å². The first-order valence-corrected chi connectivity index (χ1v) is 6.30. The SMILES string of the molecule is Nc1ccc(CC(=O)NCC2CCCC2O)nc1. The Balaban J connectivity index is 1.76. The van der Waals surface area contributed by atoms with Crippen LogP contribution in [0.2, 0.25) is 0 Å². The van der Waals surface area contributed by atoms with Crippen LogP contribution in [-0.4, -0.2) is 28.6 Å². The van der Waals surface area contributed by atoms with Crippen LogP contribution in [0.1, 0.15) is 25.0 Å². The van der Waals surface area contributed by atoms with E-state index >= 15 is 0 Å². The number of pyridine rings is 1. The molecule has 1 aliphatic rings. The first-order chi connectivity index (χ1) is 8.65. The molecule has 18 heavy (non-hydrogen) atoms. The Morgan fingerprint density at radius 3 is 2.94 bits per heavy atom. The Labute approximate surface area is 106 Å². The number of aliphatic hydroxyl groups is 1. The Morgan fingerprint density at radius 1 is 1.50 bits per heavy atom. The molecule has 1 saturated carbocycles. The average Bonchev–Trinajstić information content (AvgIpc) is 2.75. The molecule has 5 heteroatoms. The summed E-state index contributed by atoms with van der Waals surface area (Å²) >= 11 is 0. The number of anilines is 1. The summed E-state index contributed by atoms with van der Waals surface area (Å²) in [5.41, 5.74) is 6.82. The van der Waals surface area contributed by atoms with Crippen molar-refractivity contribution in [1.29, 1.82) is 0 Å². The third-order valence-corrected chi connectivity index (χ3v) is 3.37. The van der Waals surface area contributed by atoms with Crippen LogP contribution in [-0.2, 0) is 11.2 Å². The van der Waals surface area contributed by atoms with E-state index in [2.05, 4.69) is 10.3 Å². The number of nitrogen functional groups attached to an aromatic ring is 1. The first-order valence-electron chi connectivity index (χ1n) is 6.30. The van der Waals surface area contributed by atoms with E-state index in [0.29, 0.717) is 17.9 Å². The summed E-state index contributed by atoms with van der Waals surface area (Å²) in [4.78, 5) is 15.8. The van der Waals surface area contributed by atoms with Crippen LogP contribution < -0.4 is 11.1 Å². The number of nitrogens with one attached hydrogen (secondary N) is 1. The number of carbonyl (C=O) groups excluding carboxylic acids is 1. The fourth-order valence-corrected chi connectivity index (χ4v) is 2.27. The van der Waals surface area contributed by atoms with Gasteiger partial charge in [0.2, 0.25) is 5.91 Å². The van der Waals surface area contributed by atoms with Crippen molar-refractivity contribution in [2.75, 3.05) is 12.3 Å². The molecule has 1 aromatic rings. The Bertz CT molecular complexity index is 405. The number of nitrogens with two attached hydrogens (primary N) is 1. The molecule has 1 aromatic heterocycles. The number of carbonyl (C=O) groups is 1. The lowest BCUT2D eigenvalue weighted by Crippen LogP contribution is -2.33. The van der Waals surface area contributed by atoms with E-state index in [1.807, 2.05) is 0 Å². The van der Waals surface area contributed by atoms with Crippen molar-refractivity contribution in [3.8, 4) is 0 Å². The number of nitrogens with zero attached hydrogens (tertiary/aromatic N) is 1. The van der Waals surface area contributed by atoms with Crippen molar-refractivity contribution in [3.63, 3.8) is 0 Å². The summed E-state index contributed by atoms with van der Waals surface area (Å²) in [6.07, 6.45) is 4.41. The maximum absolute atomic E-state index is 11.7. The zero-order valence-electron chi connectivity index (χ0n) is 10.3. The van der Waals surface area contributed by atoms with Crippen LogP contribution in [0.5, 0.6) is 0 Å². The minimum Gasteiger partial charge on any atom is -0.397 e. The molecule has 2 unspecified atom stereocenters. The van der Waals surface area contributed by atoms with E-state index in [1.54, 1.807) is 18.3 Å². The van der Waals surface area contributed by atoms with Crippen molar-refractivity contribution >= 4 is 11.6 Å². The van der Waals surface area contributed by atoms with Crippen molar-refractivity contribution in [3.05, 3.63) is 24.0 Å². The summed E-state index contributed by atoms with van der Waals surface area (Å²) in [6, 6.07) is 3.48. The van der Waals surface area contributed by atoms with Gasteiger partial charge in [0, 0.05) is 18.2 Å². The zero-order chi connectivity index (χ0) is 13.0. The minimum atomic E-state index is -0.264. The predicted molar refractivity (Wildman–Crippen MR) is 68.7 cm³/mol. The summed E-state index contributed by atoms with van der Waals surface area (Å²) in [6.45, 7) is 0.551. The molecule has 2 atom stereocenters. The second-order valence-corrected chi connectivity index (χ2v) is 4.82. The zero-order valence-corrected chi connectivity index (χ0v) is 10.3. The van der Waals surface area contributed by atoms with Gasteiger partial charge in [-0.2, -0.15) is 0 Å². The number of rotatable bonds is 4. The first kappa shape index (κ1) is 12.8. The Hall–Kier alpha value is -1.62. The molecule has 5 nitrogen and oxygen atoms in total. The van der Waals surface area contributed by atoms with E-state index in [-0.39, 0.29) is 24.3 Å². The number of aliphatic hydroxyl groups excluding tert-OH is 1. The summed E-state index contributed by atoms with van der Waals surface area (Å²) < 4.78 is 0. The molecule has 98 valence electrons. The van der Waals surface area contributed by atoms with Gasteiger partial charge >= 0.3 is 0 Å². The molecule has 1 fully saturated rings. The molecule has 0 aliphatic heterocycles. The van der Waals surface area contributed by atoms with Gasteiger partial charge in [0.15, 0.2) is 0 Å². The lowest BCUT2D eigenvalue weighted by molar-refractivity contribution is -0.120. The molecule has 1 heterocycles. The molecular weight excluding hydrogens is 230 g/mol. The van der Waals surface area contributed by atoms with Gasteiger partial charge in [-0.1, -0.05) is 6.42 Å². The maximum Gasteiger partial charge on any atom is 0.226 e. The summed E-state index contributed by atoms with van der Waals surface area (Å²) in [7, 11) is 0. The third kappa shape index (κ3) is 3.43. The summed E-state index contributed by atoms with van der Waals surface area (Å²) in [5, 5.41) is 12.5. The van der Waals surface area contributed by atoms with Crippen molar-refractivity contribution in [2.45, 2.75) is 31.8 Å². The summed E-state index contributed by atoms with van der Waals surface area (Å²) in [5.74, 6) is 0.139. The molecular formula is C13H19N3O2. The standard InChI is InChI=1S/C13H19N3O2/c14-10-4-5-11(15-8-10)6-13(18)16-7-9-2-1-3-12(9)17/h4-5,8-9,12,17H,1-3,6-7,14H2,(H,16,18). The van der Waals surface area contributed by atoms with Crippen LogP contribution in [0.4, 0.5) is 5.69 Å². The largest absolute Gasteiger partial charge is 0.397 e. The van der Waals surface area contributed by atoms with Crippen LogP contribution in [0, 0.1) is 5.92 Å². The number of hydrogen-bond donors (Lipinski definition) is 3. The fourth-order valence-electron chi connectivity index (χ4n) is 2.27. The second-order valence-electron chi connectivity index (χ2n) is 4.82. The molecule has 0 radical (unpaired) electrons. The molecule has 1 amide bonds. The highest BCUT2D eigenvalue weighted by Gasteiger charge is 2.25. The third-order valence-electron chi connectivity index (χ3n) is 3.37. The van der Waals surface area contributed by atoms with E-state index in [4.69, 9.17) is 5.73 Å². The van der Waals surface area contributed by atoms with Gasteiger partial charge in [-0.3, -0.25) is 9.78 Å². The predicted octanol–water partition coefficient (Wildman–Crippen LogP) is 0.483. The highest BCUT2D eigenvalue weighted by molar-refractivity contribution is 5.78. The number of aromatic nitrogens is 1. The molecule has 0 saturated heterocycles. The van der Waals surface area contributed by atoms with Crippen molar-refractivity contribution in [2.24, 2.45) is 5.92 Å². The highest BCUT2D eigenvalue weighted by atomic mass is 16.3. The molecule has 1 aliphatic carbocycles. The van der Waals surface area contributed by atoms with Crippen molar-refractivity contribution in [1.82, 2.24) is 10.3 Å². The van der Waals surface area contributed by atoms with Crippen LogP contribution in [0.15, 0.2) is 18.3 Å². The molecule has 0 aromatic carbocycles. The van der Waals surface area contributed by atoms with E-state index in [9.17, 15) is 9.90 Å². The van der Waals surface area contributed by atoms with E-state index in [0.717, 1.165) is 19.3 Å². The Morgan fingerprint density at radius 2 is 2.33 bits per heavy atom. The lowest BCUT2D eigenvalue weighted by atomic mass is 10.1. The van der Waals surface area contributed by atoms with E-state index < -0.39 is 0 Å². The topological polar surface area (TPSA) is 88.2 Å². The molecule has 2 rings (SSSR count). The monoisotopic (exact) mass is 249 g/mol. The van der Waals surface area contributed by atoms with Gasteiger partial charge in [0.1, 0.15) is 0 Å². The lowest BCUT2D eigenvalue weighted by Gasteiger charge is -2.14. The highest BCUT2D eigenvalue weighted by Crippen LogP contribution is 2.24. The quantitative estimate of drug-likeness (QED) is 0.724.